The first kappa shape index (κ1) is 22.2. The van der Waals surface area contributed by atoms with Gasteiger partial charge in [-0.15, -0.1) is 0 Å². The maximum absolute atomic E-state index is 13.4. The van der Waals surface area contributed by atoms with Gasteiger partial charge in [-0.3, -0.25) is 4.90 Å². The zero-order valence-electron chi connectivity index (χ0n) is 18.0. The number of furan rings is 1. The van der Waals surface area contributed by atoms with Crippen molar-refractivity contribution in [1.29, 1.82) is 0 Å². The summed E-state index contributed by atoms with van der Waals surface area (Å²) in [5, 5.41) is 0. The Balaban J connectivity index is 1.55. The SMILES string of the molecule is COC(=O)Oc1c(C)oc(C)c1S(=O)(=O)N1CCC(N2C(=O)OCc3ccccc32)CC1. The number of sulfonamides is 1. The highest BCUT2D eigenvalue weighted by Crippen LogP contribution is 2.38. The van der Waals surface area contributed by atoms with Crippen LogP contribution in [-0.2, 0) is 26.1 Å². The Hall–Kier alpha value is -3.05. The standard InChI is InChI=1S/C21H24N2O8S/c1-13-18(31-21(25)28-3)19(14(2)30-13)32(26,27)22-10-8-16(9-11-22)23-17-7-5-4-6-15(17)12-29-20(23)24/h4-7,16H,8-12H2,1-3H3. The number of methoxy groups -OCH3 is 1. The van der Waals surface area contributed by atoms with Crippen LogP contribution in [0.5, 0.6) is 5.75 Å². The van der Waals surface area contributed by atoms with Crippen molar-refractivity contribution in [3.63, 3.8) is 0 Å². The highest BCUT2D eigenvalue weighted by Gasteiger charge is 2.40. The van der Waals surface area contributed by atoms with Gasteiger partial charge in [0.15, 0.2) is 10.6 Å². The highest BCUT2D eigenvalue weighted by molar-refractivity contribution is 7.89. The molecule has 2 aliphatic heterocycles. The van der Waals surface area contributed by atoms with Gasteiger partial charge in [-0.25, -0.2) is 18.0 Å². The molecule has 1 aromatic carbocycles. The van der Waals surface area contributed by atoms with Crippen LogP contribution in [0.1, 0.15) is 29.9 Å². The van der Waals surface area contributed by atoms with Crippen molar-refractivity contribution in [1.82, 2.24) is 4.31 Å². The van der Waals surface area contributed by atoms with Crippen molar-refractivity contribution in [2.24, 2.45) is 0 Å². The molecule has 0 N–H and O–H groups in total. The number of anilines is 1. The summed E-state index contributed by atoms with van der Waals surface area (Å²) in [4.78, 5) is 25.5. The summed E-state index contributed by atoms with van der Waals surface area (Å²) >= 11 is 0. The summed E-state index contributed by atoms with van der Waals surface area (Å²) in [6.45, 7) is 3.59. The maximum Gasteiger partial charge on any atom is 0.513 e. The van der Waals surface area contributed by atoms with Crippen LogP contribution in [0, 0.1) is 13.8 Å². The van der Waals surface area contributed by atoms with Gasteiger partial charge in [0.25, 0.3) is 0 Å². The number of hydrogen-bond acceptors (Lipinski definition) is 8. The lowest BCUT2D eigenvalue weighted by atomic mass is 10.0. The Morgan fingerprint density at radius 3 is 2.50 bits per heavy atom. The van der Waals surface area contributed by atoms with Gasteiger partial charge in [0.2, 0.25) is 10.0 Å². The van der Waals surface area contributed by atoms with Crippen LogP contribution in [0.15, 0.2) is 33.6 Å². The second-order valence-corrected chi connectivity index (χ2v) is 9.49. The van der Waals surface area contributed by atoms with Crippen LogP contribution in [0.2, 0.25) is 0 Å². The number of fused-ring (bicyclic) bond motifs is 1. The number of para-hydroxylation sites is 1. The van der Waals surface area contributed by atoms with E-state index in [4.69, 9.17) is 13.9 Å². The van der Waals surface area contributed by atoms with Crippen molar-refractivity contribution >= 4 is 28.0 Å². The molecule has 0 spiro atoms. The fraction of sp³-hybridized carbons (Fsp3) is 0.429. The van der Waals surface area contributed by atoms with Gasteiger partial charge >= 0.3 is 12.2 Å². The molecule has 172 valence electrons. The number of cyclic esters (lactones) is 1. The zero-order valence-corrected chi connectivity index (χ0v) is 18.8. The molecule has 2 aliphatic rings. The number of aryl methyl sites for hydroxylation is 2. The summed E-state index contributed by atoms with van der Waals surface area (Å²) in [7, 11) is -2.88. The van der Waals surface area contributed by atoms with Gasteiger partial charge in [0.1, 0.15) is 18.1 Å². The molecule has 11 heteroatoms. The van der Waals surface area contributed by atoms with Crippen LogP contribution >= 0.6 is 0 Å². The number of hydrogen-bond donors (Lipinski definition) is 0. The molecule has 0 radical (unpaired) electrons. The van der Waals surface area contributed by atoms with Crippen LogP contribution in [0.3, 0.4) is 0 Å². The molecule has 32 heavy (non-hydrogen) atoms. The van der Waals surface area contributed by atoms with E-state index in [1.54, 1.807) is 4.90 Å². The summed E-state index contributed by atoms with van der Waals surface area (Å²) in [6.07, 6.45) is -0.622. The molecule has 1 aromatic heterocycles. The number of ether oxygens (including phenoxy) is 3. The van der Waals surface area contributed by atoms with Gasteiger partial charge < -0.3 is 18.6 Å². The minimum atomic E-state index is -4.01. The predicted octanol–water partition coefficient (Wildman–Crippen LogP) is 3.35. The van der Waals surface area contributed by atoms with E-state index in [9.17, 15) is 18.0 Å². The summed E-state index contributed by atoms with van der Waals surface area (Å²) in [5.74, 6) is 0.108. The Morgan fingerprint density at radius 2 is 1.81 bits per heavy atom. The zero-order chi connectivity index (χ0) is 23.0. The smallest absolute Gasteiger partial charge is 0.461 e. The summed E-state index contributed by atoms with van der Waals surface area (Å²) < 4.78 is 48.4. The van der Waals surface area contributed by atoms with Crippen molar-refractivity contribution in [3.8, 4) is 5.75 Å². The molecular formula is C21H24N2O8S. The number of piperidine rings is 1. The third-order valence-electron chi connectivity index (χ3n) is 5.69. The molecule has 2 aromatic rings. The fourth-order valence-electron chi connectivity index (χ4n) is 4.17. The van der Waals surface area contributed by atoms with Crippen LogP contribution in [0.25, 0.3) is 0 Å². The number of rotatable bonds is 4. The molecule has 1 saturated heterocycles. The topological polar surface area (TPSA) is 116 Å². The second-order valence-electron chi connectivity index (χ2n) is 7.62. The van der Waals surface area contributed by atoms with Gasteiger partial charge in [0, 0.05) is 24.7 Å². The first-order valence-electron chi connectivity index (χ1n) is 10.1. The second kappa shape index (κ2) is 8.47. The van der Waals surface area contributed by atoms with E-state index in [0.717, 1.165) is 18.4 Å². The van der Waals surface area contributed by atoms with E-state index in [2.05, 4.69) is 4.74 Å². The van der Waals surface area contributed by atoms with Gasteiger partial charge in [-0.05, 0) is 32.8 Å². The lowest BCUT2D eigenvalue weighted by Crippen LogP contribution is -2.50. The minimum absolute atomic E-state index is 0.122. The largest absolute Gasteiger partial charge is 0.513 e. The molecule has 0 aliphatic carbocycles. The van der Waals surface area contributed by atoms with Crippen LogP contribution in [-0.4, -0.2) is 51.2 Å². The minimum Gasteiger partial charge on any atom is -0.461 e. The molecule has 0 saturated carbocycles. The molecule has 3 heterocycles. The average molecular weight is 464 g/mol. The number of benzene rings is 1. The average Bonchev–Trinajstić information content (AvgIpc) is 3.06. The number of nitrogens with zero attached hydrogens (tertiary/aromatic N) is 2. The third-order valence-corrected chi connectivity index (χ3v) is 7.72. The lowest BCUT2D eigenvalue weighted by Gasteiger charge is -2.39. The van der Waals surface area contributed by atoms with E-state index in [1.165, 1.54) is 18.2 Å². The molecule has 0 unspecified atom stereocenters. The van der Waals surface area contributed by atoms with Gasteiger partial charge in [0.05, 0.1) is 12.8 Å². The Kier molecular flexibility index (Phi) is 5.87. The monoisotopic (exact) mass is 464 g/mol. The van der Waals surface area contributed by atoms with E-state index in [0.29, 0.717) is 12.8 Å². The Bertz CT molecular complexity index is 1150. The van der Waals surface area contributed by atoms with Crippen LogP contribution in [0.4, 0.5) is 15.3 Å². The molecule has 1 fully saturated rings. The van der Waals surface area contributed by atoms with Crippen molar-refractivity contribution in [2.75, 3.05) is 25.1 Å². The first-order valence-corrected chi connectivity index (χ1v) is 11.6. The molecule has 4 rings (SSSR count). The maximum atomic E-state index is 13.4. The van der Waals surface area contributed by atoms with Crippen molar-refractivity contribution < 1.29 is 36.6 Å². The molecule has 10 nitrogen and oxygen atoms in total. The summed E-state index contributed by atoms with van der Waals surface area (Å²) in [6, 6.07) is 7.31. The third kappa shape index (κ3) is 3.82. The van der Waals surface area contributed by atoms with Crippen LogP contribution < -0.4 is 9.64 Å². The van der Waals surface area contributed by atoms with Crippen molar-refractivity contribution in [2.45, 2.75) is 44.2 Å². The van der Waals surface area contributed by atoms with E-state index >= 15 is 0 Å². The van der Waals surface area contributed by atoms with E-state index < -0.39 is 22.3 Å². The molecule has 0 bridgehead atoms. The number of amides is 1. The van der Waals surface area contributed by atoms with E-state index in [1.807, 2.05) is 24.3 Å². The molecule has 0 atom stereocenters. The molecule has 1 amide bonds. The first-order chi connectivity index (χ1) is 15.2. The Labute approximate surface area is 185 Å². The number of carbonyl (C=O) groups excluding carboxylic acids is 2. The summed E-state index contributed by atoms with van der Waals surface area (Å²) in [5.41, 5.74) is 1.70. The number of carbonyl (C=O) groups is 2. The quantitative estimate of drug-likeness (QED) is 0.633. The molecular weight excluding hydrogens is 440 g/mol. The normalized spacial score (nSPS) is 17.6. The highest BCUT2D eigenvalue weighted by atomic mass is 32.2. The lowest BCUT2D eigenvalue weighted by molar-refractivity contribution is 0.119. The Morgan fingerprint density at radius 1 is 1.12 bits per heavy atom. The van der Waals surface area contributed by atoms with Gasteiger partial charge in [-0.1, -0.05) is 18.2 Å². The fourth-order valence-corrected chi connectivity index (χ4v) is 5.95. The predicted molar refractivity (Wildman–Crippen MR) is 112 cm³/mol. The van der Waals surface area contributed by atoms with Gasteiger partial charge in [-0.2, -0.15) is 4.31 Å². The van der Waals surface area contributed by atoms with E-state index in [-0.39, 0.29) is 47.9 Å². The van der Waals surface area contributed by atoms with Crippen molar-refractivity contribution in [3.05, 3.63) is 41.3 Å².